The number of amides is 1. The molecule has 3 aromatic rings. The standard InChI is InChI=1S/C19H20N6O/c26-19(22-12-8-15-4-1-2-9-21-15)16-5-3-13-25-17(23-24-18(16)25)14-6-10-20-11-7-14/h1-2,4,6-7,9-11,16H,3,5,8,12-13H2,(H,22,26). The van der Waals surface area contributed by atoms with Gasteiger partial charge in [0, 0.05) is 49.4 Å². The van der Waals surface area contributed by atoms with Crippen LogP contribution in [0.25, 0.3) is 11.4 Å². The lowest BCUT2D eigenvalue weighted by atomic mass is 9.97. The van der Waals surface area contributed by atoms with Crippen molar-refractivity contribution in [2.45, 2.75) is 31.7 Å². The topological polar surface area (TPSA) is 85.6 Å². The average Bonchev–Trinajstić information content (AvgIpc) is 3.13. The number of fused-ring (bicyclic) bond motifs is 1. The fourth-order valence-corrected chi connectivity index (χ4v) is 3.32. The molecule has 26 heavy (non-hydrogen) atoms. The summed E-state index contributed by atoms with van der Waals surface area (Å²) in [6, 6.07) is 9.62. The summed E-state index contributed by atoms with van der Waals surface area (Å²) >= 11 is 0. The summed E-state index contributed by atoms with van der Waals surface area (Å²) in [4.78, 5) is 21.0. The molecule has 7 heteroatoms. The molecule has 4 heterocycles. The van der Waals surface area contributed by atoms with Crippen molar-refractivity contribution in [3.63, 3.8) is 0 Å². The lowest BCUT2D eigenvalue weighted by molar-refractivity contribution is -0.123. The molecule has 0 saturated carbocycles. The van der Waals surface area contributed by atoms with E-state index in [1.165, 1.54) is 0 Å². The highest BCUT2D eigenvalue weighted by molar-refractivity contribution is 5.83. The molecule has 4 rings (SSSR count). The smallest absolute Gasteiger partial charge is 0.230 e. The molecule has 132 valence electrons. The fraction of sp³-hybridized carbons (Fsp3) is 0.316. The van der Waals surface area contributed by atoms with Crippen LogP contribution in [0.5, 0.6) is 0 Å². The predicted molar refractivity (Wildman–Crippen MR) is 96.2 cm³/mol. The first-order chi connectivity index (χ1) is 12.8. The highest BCUT2D eigenvalue weighted by atomic mass is 16.1. The van der Waals surface area contributed by atoms with Gasteiger partial charge in [-0.2, -0.15) is 0 Å². The molecular formula is C19H20N6O. The van der Waals surface area contributed by atoms with Gasteiger partial charge in [-0.25, -0.2) is 0 Å². The van der Waals surface area contributed by atoms with Crippen molar-refractivity contribution >= 4 is 5.91 Å². The highest BCUT2D eigenvalue weighted by Gasteiger charge is 2.30. The first kappa shape index (κ1) is 16.4. The van der Waals surface area contributed by atoms with Crippen LogP contribution in [0.15, 0.2) is 48.9 Å². The van der Waals surface area contributed by atoms with Gasteiger partial charge in [-0.05, 0) is 37.1 Å². The molecule has 1 aliphatic heterocycles. The SMILES string of the molecule is O=C(NCCc1ccccn1)C1CCCn2c(-c3ccncc3)nnc21. The van der Waals surface area contributed by atoms with E-state index in [2.05, 4.69) is 30.0 Å². The number of aromatic nitrogens is 5. The van der Waals surface area contributed by atoms with Crippen molar-refractivity contribution in [1.29, 1.82) is 0 Å². The quantitative estimate of drug-likeness (QED) is 0.762. The maximum atomic E-state index is 12.7. The molecule has 0 spiro atoms. The van der Waals surface area contributed by atoms with Crippen molar-refractivity contribution in [2.75, 3.05) is 6.54 Å². The maximum absolute atomic E-state index is 12.7. The third-order valence-electron chi connectivity index (χ3n) is 4.63. The van der Waals surface area contributed by atoms with Gasteiger partial charge in [-0.3, -0.25) is 14.8 Å². The molecule has 1 atom stereocenters. The van der Waals surface area contributed by atoms with Crippen molar-refractivity contribution in [1.82, 2.24) is 30.0 Å². The third-order valence-corrected chi connectivity index (χ3v) is 4.63. The second-order valence-corrected chi connectivity index (χ2v) is 6.33. The van der Waals surface area contributed by atoms with Crippen LogP contribution in [0.3, 0.4) is 0 Å². The van der Waals surface area contributed by atoms with Gasteiger partial charge in [0.1, 0.15) is 5.82 Å². The highest BCUT2D eigenvalue weighted by Crippen LogP contribution is 2.30. The summed E-state index contributed by atoms with van der Waals surface area (Å²) in [5.74, 6) is 1.30. The second-order valence-electron chi connectivity index (χ2n) is 6.33. The largest absolute Gasteiger partial charge is 0.355 e. The Morgan fingerprint density at radius 3 is 2.85 bits per heavy atom. The Morgan fingerprint density at radius 2 is 2.04 bits per heavy atom. The Kier molecular flexibility index (Phi) is 4.68. The minimum absolute atomic E-state index is 0.00978. The van der Waals surface area contributed by atoms with Gasteiger partial charge in [0.15, 0.2) is 5.82 Å². The number of hydrogen-bond donors (Lipinski definition) is 1. The number of carbonyl (C=O) groups excluding carboxylic acids is 1. The molecule has 0 aliphatic carbocycles. The third kappa shape index (κ3) is 3.33. The molecule has 1 unspecified atom stereocenters. The summed E-state index contributed by atoms with van der Waals surface area (Å²) in [6.45, 7) is 1.40. The Bertz CT molecular complexity index is 878. The Hall–Kier alpha value is -3.09. The van der Waals surface area contributed by atoms with E-state index in [0.29, 0.717) is 13.0 Å². The minimum Gasteiger partial charge on any atom is -0.355 e. The zero-order chi connectivity index (χ0) is 17.8. The summed E-state index contributed by atoms with van der Waals surface area (Å²) < 4.78 is 2.06. The van der Waals surface area contributed by atoms with E-state index in [9.17, 15) is 4.79 Å². The molecular weight excluding hydrogens is 328 g/mol. The molecule has 3 aromatic heterocycles. The number of nitrogens with zero attached hydrogens (tertiary/aromatic N) is 5. The van der Waals surface area contributed by atoms with Crippen LogP contribution in [0.2, 0.25) is 0 Å². The van der Waals surface area contributed by atoms with E-state index in [1.54, 1.807) is 18.6 Å². The van der Waals surface area contributed by atoms with Crippen LogP contribution < -0.4 is 5.32 Å². The van der Waals surface area contributed by atoms with E-state index in [0.717, 1.165) is 42.3 Å². The summed E-state index contributed by atoms with van der Waals surface area (Å²) in [5, 5.41) is 11.7. The van der Waals surface area contributed by atoms with Crippen molar-refractivity contribution in [3.05, 3.63) is 60.4 Å². The molecule has 1 aliphatic rings. The molecule has 7 nitrogen and oxygen atoms in total. The zero-order valence-electron chi connectivity index (χ0n) is 14.4. The van der Waals surface area contributed by atoms with Gasteiger partial charge in [-0.15, -0.1) is 10.2 Å². The van der Waals surface area contributed by atoms with Crippen LogP contribution in [-0.2, 0) is 17.8 Å². The lowest BCUT2D eigenvalue weighted by Gasteiger charge is -2.23. The number of hydrogen-bond acceptors (Lipinski definition) is 5. The molecule has 0 bridgehead atoms. The van der Waals surface area contributed by atoms with Gasteiger partial charge in [-0.1, -0.05) is 6.07 Å². The normalized spacial score (nSPS) is 16.1. The van der Waals surface area contributed by atoms with E-state index >= 15 is 0 Å². The molecule has 0 radical (unpaired) electrons. The Labute approximate surface area is 151 Å². The van der Waals surface area contributed by atoms with Crippen LogP contribution in [0, 0.1) is 0 Å². The summed E-state index contributed by atoms with van der Waals surface area (Å²) in [7, 11) is 0. The van der Waals surface area contributed by atoms with Crippen LogP contribution in [0.1, 0.15) is 30.3 Å². The molecule has 1 amide bonds. The number of carbonyl (C=O) groups is 1. The van der Waals surface area contributed by atoms with Crippen LogP contribution >= 0.6 is 0 Å². The first-order valence-corrected chi connectivity index (χ1v) is 8.84. The summed E-state index contributed by atoms with van der Waals surface area (Å²) in [6.07, 6.45) is 7.68. The lowest BCUT2D eigenvalue weighted by Crippen LogP contribution is -2.34. The zero-order valence-corrected chi connectivity index (χ0v) is 14.4. The van der Waals surface area contributed by atoms with Crippen LogP contribution in [-0.4, -0.2) is 37.2 Å². The first-order valence-electron chi connectivity index (χ1n) is 8.84. The van der Waals surface area contributed by atoms with Crippen molar-refractivity contribution in [2.24, 2.45) is 0 Å². The molecule has 0 aromatic carbocycles. The van der Waals surface area contributed by atoms with Crippen LogP contribution in [0.4, 0.5) is 0 Å². The average molecular weight is 348 g/mol. The van der Waals surface area contributed by atoms with Gasteiger partial charge in [0.25, 0.3) is 0 Å². The van der Waals surface area contributed by atoms with E-state index in [-0.39, 0.29) is 11.8 Å². The van der Waals surface area contributed by atoms with Crippen molar-refractivity contribution in [3.8, 4) is 11.4 Å². The summed E-state index contributed by atoms with van der Waals surface area (Å²) in [5.41, 5.74) is 1.94. The predicted octanol–water partition coefficient (Wildman–Crippen LogP) is 1.97. The Morgan fingerprint density at radius 1 is 1.15 bits per heavy atom. The van der Waals surface area contributed by atoms with E-state index in [1.807, 2.05) is 30.3 Å². The number of rotatable bonds is 5. The monoisotopic (exact) mass is 348 g/mol. The van der Waals surface area contributed by atoms with Gasteiger partial charge >= 0.3 is 0 Å². The molecule has 0 saturated heterocycles. The molecule has 0 fully saturated rings. The fourth-order valence-electron chi connectivity index (χ4n) is 3.32. The Balaban J connectivity index is 1.46. The second kappa shape index (κ2) is 7.43. The van der Waals surface area contributed by atoms with Gasteiger partial charge in [0.05, 0.1) is 5.92 Å². The number of pyridine rings is 2. The van der Waals surface area contributed by atoms with Gasteiger partial charge in [0.2, 0.25) is 5.91 Å². The minimum atomic E-state index is -0.254. The van der Waals surface area contributed by atoms with E-state index in [4.69, 9.17) is 0 Å². The van der Waals surface area contributed by atoms with Crippen molar-refractivity contribution < 1.29 is 4.79 Å². The molecule has 1 N–H and O–H groups in total. The van der Waals surface area contributed by atoms with E-state index < -0.39 is 0 Å². The number of nitrogens with one attached hydrogen (secondary N) is 1. The van der Waals surface area contributed by atoms with Gasteiger partial charge < -0.3 is 9.88 Å². The maximum Gasteiger partial charge on any atom is 0.230 e.